The summed E-state index contributed by atoms with van der Waals surface area (Å²) in [5.74, 6) is -0.948. The lowest BCUT2D eigenvalue weighted by Crippen LogP contribution is -2.11. The second kappa shape index (κ2) is 4.81. The van der Waals surface area contributed by atoms with Crippen LogP contribution in [0.4, 0.5) is 4.39 Å². The minimum Gasteiger partial charge on any atom is -0.505 e. The summed E-state index contributed by atoms with van der Waals surface area (Å²) >= 11 is 0. The smallest absolute Gasteiger partial charge is 0.206 e. The van der Waals surface area contributed by atoms with Crippen LogP contribution in [0, 0.1) is 5.82 Å². The molecule has 0 unspecified atom stereocenters. The van der Waals surface area contributed by atoms with Crippen LogP contribution in [-0.2, 0) is 6.42 Å². The standard InChI is InChI=1S/C10H14FNO2/c1-12-6-5-7-3-4-8(13)9(11)10(7)14-2/h3-4,12-13H,5-6H2,1-2H3. The molecule has 4 heteroatoms. The molecule has 0 aromatic heterocycles. The first-order valence-corrected chi connectivity index (χ1v) is 4.39. The highest BCUT2D eigenvalue weighted by Gasteiger charge is 2.12. The molecule has 0 aliphatic heterocycles. The topological polar surface area (TPSA) is 41.5 Å². The van der Waals surface area contributed by atoms with Crippen molar-refractivity contribution in [2.75, 3.05) is 20.7 Å². The summed E-state index contributed by atoms with van der Waals surface area (Å²) in [5, 5.41) is 12.1. The van der Waals surface area contributed by atoms with E-state index in [2.05, 4.69) is 5.32 Å². The number of rotatable bonds is 4. The molecule has 0 fully saturated rings. The van der Waals surface area contributed by atoms with Crippen LogP contribution >= 0.6 is 0 Å². The van der Waals surface area contributed by atoms with Crippen LogP contribution in [0.3, 0.4) is 0 Å². The van der Waals surface area contributed by atoms with Gasteiger partial charge in [0.15, 0.2) is 11.5 Å². The van der Waals surface area contributed by atoms with Crippen molar-refractivity contribution in [3.63, 3.8) is 0 Å². The summed E-state index contributed by atoms with van der Waals surface area (Å²) in [7, 11) is 3.21. The first kappa shape index (κ1) is 10.8. The molecule has 1 aromatic rings. The van der Waals surface area contributed by atoms with E-state index >= 15 is 0 Å². The Kier molecular flexibility index (Phi) is 3.71. The highest BCUT2D eigenvalue weighted by molar-refractivity contribution is 5.42. The quantitative estimate of drug-likeness (QED) is 0.768. The molecule has 0 aliphatic rings. The van der Waals surface area contributed by atoms with E-state index in [1.165, 1.54) is 13.2 Å². The maximum absolute atomic E-state index is 13.3. The zero-order valence-electron chi connectivity index (χ0n) is 8.30. The Hall–Kier alpha value is -1.29. The first-order chi connectivity index (χ1) is 6.70. The summed E-state index contributed by atoms with van der Waals surface area (Å²) in [4.78, 5) is 0. The lowest BCUT2D eigenvalue weighted by Gasteiger charge is -2.09. The number of nitrogens with one attached hydrogen (secondary N) is 1. The van der Waals surface area contributed by atoms with Gasteiger partial charge < -0.3 is 15.2 Å². The lowest BCUT2D eigenvalue weighted by molar-refractivity contribution is 0.360. The summed E-state index contributed by atoms with van der Waals surface area (Å²) in [6.45, 7) is 0.737. The van der Waals surface area contributed by atoms with Gasteiger partial charge in [0.05, 0.1) is 7.11 Å². The number of hydrogen-bond donors (Lipinski definition) is 2. The molecule has 2 N–H and O–H groups in total. The maximum Gasteiger partial charge on any atom is 0.206 e. The first-order valence-electron chi connectivity index (χ1n) is 4.39. The van der Waals surface area contributed by atoms with Crippen molar-refractivity contribution in [1.29, 1.82) is 0 Å². The van der Waals surface area contributed by atoms with Crippen LogP contribution in [0.2, 0.25) is 0 Å². The van der Waals surface area contributed by atoms with E-state index in [1.807, 2.05) is 7.05 Å². The van der Waals surface area contributed by atoms with Crippen LogP contribution in [0.15, 0.2) is 12.1 Å². The Morgan fingerprint density at radius 2 is 2.21 bits per heavy atom. The van der Waals surface area contributed by atoms with Crippen molar-refractivity contribution in [3.05, 3.63) is 23.5 Å². The van der Waals surface area contributed by atoms with E-state index in [4.69, 9.17) is 9.84 Å². The lowest BCUT2D eigenvalue weighted by atomic mass is 10.1. The summed E-state index contributed by atoms with van der Waals surface area (Å²) in [5.41, 5.74) is 0.747. The zero-order chi connectivity index (χ0) is 10.6. The van der Waals surface area contributed by atoms with Crippen molar-refractivity contribution >= 4 is 0 Å². The van der Waals surface area contributed by atoms with Gasteiger partial charge in [-0.2, -0.15) is 4.39 Å². The Morgan fingerprint density at radius 3 is 2.79 bits per heavy atom. The van der Waals surface area contributed by atoms with Gasteiger partial charge in [-0.25, -0.2) is 0 Å². The molecule has 0 aliphatic carbocycles. The van der Waals surface area contributed by atoms with Gasteiger partial charge in [-0.1, -0.05) is 6.07 Å². The fraction of sp³-hybridized carbons (Fsp3) is 0.400. The number of phenolic OH excluding ortho intramolecular Hbond substituents is 1. The SMILES string of the molecule is CNCCc1ccc(O)c(F)c1OC. The van der Waals surface area contributed by atoms with Crippen LogP contribution in [0.1, 0.15) is 5.56 Å². The largest absolute Gasteiger partial charge is 0.505 e. The van der Waals surface area contributed by atoms with Crippen LogP contribution in [0.25, 0.3) is 0 Å². The van der Waals surface area contributed by atoms with Crippen molar-refractivity contribution in [2.45, 2.75) is 6.42 Å². The van der Waals surface area contributed by atoms with E-state index in [0.29, 0.717) is 6.42 Å². The molecule has 3 nitrogen and oxygen atoms in total. The van der Waals surface area contributed by atoms with Gasteiger partial charge in [0, 0.05) is 0 Å². The van der Waals surface area contributed by atoms with Gasteiger partial charge in [-0.3, -0.25) is 0 Å². The predicted molar refractivity (Wildman–Crippen MR) is 52.2 cm³/mol. The van der Waals surface area contributed by atoms with E-state index in [1.54, 1.807) is 6.07 Å². The molecule has 14 heavy (non-hydrogen) atoms. The van der Waals surface area contributed by atoms with Gasteiger partial charge >= 0.3 is 0 Å². The molecule has 1 aromatic carbocycles. The second-order valence-electron chi connectivity index (χ2n) is 2.94. The molecular formula is C10H14FNO2. The van der Waals surface area contributed by atoms with E-state index in [-0.39, 0.29) is 11.5 Å². The Bertz CT molecular complexity index is 315. The summed E-state index contributed by atoms with van der Waals surface area (Å²) in [6, 6.07) is 3.00. The minimum absolute atomic E-state index is 0.125. The van der Waals surface area contributed by atoms with Gasteiger partial charge in [0.1, 0.15) is 0 Å². The maximum atomic E-state index is 13.3. The van der Waals surface area contributed by atoms with Crippen LogP contribution < -0.4 is 10.1 Å². The highest BCUT2D eigenvalue weighted by Crippen LogP contribution is 2.29. The summed E-state index contributed by atoms with van der Waals surface area (Å²) < 4.78 is 18.2. The molecular weight excluding hydrogens is 185 g/mol. The number of ether oxygens (including phenoxy) is 1. The van der Waals surface area contributed by atoms with E-state index in [0.717, 1.165) is 12.1 Å². The average molecular weight is 199 g/mol. The average Bonchev–Trinajstić information content (AvgIpc) is 2.20. The molecule has 0 bridgehead atoms. The number of likely N-dealkylation sites (N-methyl/N-ethyl adjacent to an activating group) is 1. The number of halogens is 1. The summed E-state index contributed by atoms with van der Waals surface area (Å²) in [6.07, 6.45) is 0.664. The number of phenols is 1. The van der Waals surface area contributed by atoms with Gasteiger partial charge in [0.25, 0.3) is 0 Å². The number of methoxy groups -OCH3 is 1. The van der Waals surface area contributed by atoms with Crippen LogP contribution in [-0.4, -0.2) is 25.8 Å². The Balaban J connectivity index is 2.98. The van der Waals surface area contributed by atoms with Crippen molar-refractivity contribution < 1.29 is 14.2 Å². The predicted octanol–water partition coefficient (Wildman–Crippen LogP) is 1.30. The normalized spacial score (nSPS) is 10.2. The highest BCUT2D eigenvalue weighted by atomic mass is 19.1. The van der Waals surface area contributed by atoms with Gasteiger partial charge in [-0.05, 0) is 31.6 Å². The fourth-order valence-corrected chi connectivity index (χ4v) is 1.26. The fourth-order valence-electron chi connectivity index (χ4n) is 1.26. The number of hydrogen-bond acceptors (Lipinski definition) is 3. The molecule has 1 rings (SSSR count). The van der Waals surface area contributed by atoms with E-state index in [9.17, 15) is 4.39 Å². The van der Waals surface area contributed by atoms with Crippen molar-refractivity contribution in [2.24, 2.45) is 0 Å². The molecule has 0 spiro atoms. The van der Waals surface area contributed by atoms with Gasteiger partial charge in [0.2, 0.25) is 5.82 Å². The van der Waals surface area contributed by atoms with Crippen molar-refractivity contribution in [3.8, 4) is 11.5 Å². The molecule has 78 valence electrons. The van der Waals surface area contributed by atoms with Gasteiger partial charge in [-0.15, -0.1) is 0 Å². The third-order valence-corrected chi connectivity index (χ3v) is 2.01. The minimum atomic E-state index is -0.693. The Labute approximate surface area is 82.5 Å². The van der Waals surface area contributed by atoms with Crippen molar-refractivity contribution in [1.82, 2.24) is 5.32 Å². The molecule has 0 atom stereocenters. The molecule has 0 radical (unpaired) electrons. The number of aromatic hydroxyl groups is 1. The second-order valence-corrected chi connectivity index (χ2v) is 2.94. The molecule has 0 heterocycles. The zero-order valence-corrected chi connectivity index (χ0v) is 8.30. The van der Waals surface area contributed by atoms with Crippen LogP contribution in [0.5, 0.6) is 11.5 Å². The third-order valence-electron chi connectivity index (χ3n) is 2.01. The Morgan fingerprint density at radius 1 is 1.50 bits per heavy atom. The monoisotopic (exact) mass is 199 g/mol. The third kappa shape index (κ3) is 2.14. The number of benzene rings is 1. The van der Waals surface area contributed by atoms with E-state index < -0.39 is 5.82 Å². The molecule has 0 saturated heterocycles. The molecule has 0 saturated carbocycles. The molecule has 0 amide bonds.